The van der Waals surface area contributed by atoms with Gasteiger partial charge in [0.05, 0.1) is 9.40 Å². The fourth-order valence-electron chi connectivity index (χ4n) is 1.52. The lowest BCUT2D eigenvalue weighted by Gasteiger charge is -2.07. The molecule has 0 unspecified atom stereocenters. The van der Waals surface area contributed by atoms with E-state index in [1.54, 1.807) is 13.0 Å². The zero-order valence-corrected chi connectivity index (χ0v) is 11.5. The predicted octanol–water partition coefficient (Wildman–Crippen LogP) is 4.60. The molecular weight excluding hydrogens is 317 g/mol. The molecule has 0 aliphatic carbocycles. The number of nitrogens with zero attached hydrogens (tertiary/aromatic N) is 1. The molecule has 0 fully saturated rings. The number of benzene rings is 2. The fourth-order valence-corrected chi connectivity index (χ4v) is 1.88. The fraction of sp³-hybridized carbons (Fsp3) is 0.0769. The predicted molar refractivity (Wildman–Crippen MR) is 72.0 cm³/mol. The van der Waals surface area contributed by atoms with E-state index in [2.05, 4.69) is 15.9 Å². The molecule has 98 valence electrons. The lowest BCUT2D eigenvalue weighted by atomic mass is 10.2. The Morgan fingerprint density at radius 3 is 2.63 bits per heavy atom. The molecule has 2 aromatic carbocycles. The lowest BCUT2D eigenvalue weighted by Crippen LogP contribution is -1.94. The number of halogens is 2. The molecule has 0 aliphatic rings. The second-order valence-electron chi connectivity index (χ2n) is 3.91. The highest BCUT2D eigenvalue weighted by Crippen LogP contribution is 2.33. The number of ether oxygens (including phenoxy) is 1. The minimum absolute atomic E-state index is 0.120. The van der Waals surface area contributed by atoms with Gasteiger partial charge in [0, 0.05) is 6.07 Å². The van der Waals surface area contributed by atoms with Gasteiger partial charge in [-0.15, -0.1) is 0 Å². The van der Waals surface area contributed by atoms with E-state index in [1.165, 1.54) is 30.3 Å². The second kappa shape index (κ2) is 5.36. The van der Waals surface area contributed by atoms with Gasteiger partial charge in [0.2, 0.25) is 5.75 Å². The van der Waals surface area contributed by atoms with Gasteiger partial charge in [-0.2, -0.15) is 0 Å². The van der Waals surface area contributed by atoms with E-state index in [0.29, 0.717) is 5.75 Å². The van der Waals surface area contributed by atoms with E-state index in [9.17, 15) is 14.5 Å². The summed E-state index contributed by atoms with van der Waals surface area (Å²) in [6, 6.07) is 8.70. The Morgan fingerprint density at radius 2 is 2.00 bits per heavy atom. The molecule has 0 heterocycles. The van der Waals surface area contributed by atoms with E-state index >= 15 is 0 Å². The summed E-state index contributed by atoms with van der Waals surface area (Å²) in [6.45, 7) is 1.76. The van der Waals surface area contributed by atoms with Crippen LogP contribution >= 0.6 is 15.9 Å². The first-order valence-corrected chi connectivity index (χ1v) is 6.14. The number of nitro benzene ring substituents is 1. The van der Waals surface area contributed by atoms with Crippen molar-refractivity contribution in [2.24, 2.45) is 0 Å². The first-order chi connectivity index (χ1) is 8.97. The maximum Gasteiger partial charge on any atom is 0.311 e. The highest BCUT2D eigenvalue weighted by atomic mass is 79.9. The first-order valence-electron chi connectivity index (χ1n) is 5.35. The third kappa shape index (κ3) is 3.08. The molecule has 6 heteroatoms. The van der Waals surface area contributed by atoms with Gasteiger partial charge < -0.3 is 4.74 Å². The highest BCUT2D eigenvalue weighted by molar-refractivity contribution is 9.10. The van der Waals surface area contributed by atoms with Crippen molar-refractivity contribution >= 4 is 21.6 Å². The summed E-state index contributed by atoms with van der Waals surface area (Å²) in [4.78, 5) is 10.4. The van der Waals surface area contributed by atoms with Gasteiger partial charge in [0.1, 0.15) is 11.6 Å². The molecular formula is C13H9BrFNO3. The molecule has 4 nitrogen and oxygen atoms in total. The van der Waals surface area contributed by atoms with Crippen LogP contribution in [-0.4, -0.2) is 4.92 Å². The van der Waals surface area contributed by atoms with Crippen LogP contribution in [0.2, 0.25) is 0 Å². The smallest absolute Gasteiger partial charge is 0.311 e. The van der Waals surface area contributed by atoms with Crippen LogP contribution in [0.3, 0.4) is 0 Å². The number of hydrogen-bond donors (Lipinski definition) is 0. The van der Waals surface area contributed by atoms with Crippen LogP contribution in [-0.2, 0) is 0 Å². The zero-order valence-electron chi connectivity index (χ0n) is 9.89. The Morgan fingerprint density at radius 1 is 1.26 bits per heavy atom. The van der Waals surface area contributed by atoms with Gasteiger partial charge in [0.15, 0.2) is 0 Å². The van der Waals surface area contributed by atoms with Crippen molar-refractivity contribution in [3.8, 4) is 11.5 Å². The topological polar surface area (TPSA) is 52.4 Å². The molecule has 0 radical (unpaired) electrons. The molecule has 0 amide bonds. The number of rotatable bonds is 3. The Balaban J connectivity index is 2.37. The van der Waals surface area contributed by atoms with Crippen LogP contribution in [0.15, 0.2) is 40.9 Å². The van der Waals surface area contributed by atoms with E-state index < -0.39 is 10.7 Å². The highest BCUT2D eigenvalue weighted by Gasteiger charge is 2.16. The van der Waals surface area contributed by atoms with Gasteiger partial charge in [-0.25, -0.2) is 4.39 Å². The molecule has 2 aromatic rings. The average molecular weight is 326 g/mol. The van der Waals surface area contributed by atoms with Crippen molar-refractivity contribution in [2.45, 2.75) is 6.92 Å². The van der Waals surface area contributed by atoms with E-state index in [-0.39, 0.29) is 15.9 Å². The van der Waals surface area contributed by atoms with E-state index in [0.717, 1.165) is 5.56 Å². The molecule has 0 atom stereocenters. The first kappa shape index (κ1) is 13.5. The van der Waals surface area contributed by atoms with Gasteiger partial charge in [0.25, 0.3) is 0 Å². The molecule has 2 rings (SSSR count). The normalized spacial score (nSPS) is 10.3. The summed E-state index contributed by atoms with van der Waals surface area (Å²) < 4.78 is 18.7. The van der Waals surface area contributed by atoms with Gasteiger partial charge >= 0.3 is 5.69 Å². The van der Waals surface area contributed by atoms with Crippen molar-refractivity contribution in [1.82, 2.24) is 0 Å². The molecule has 0 saturated carbocycles. The molecule has 0 aromatic heterocycles. The monoisotopic (exact) mass is 325 g/mol. The Hall–Kier alpha value is -1.95. The molecule has 0 saturated heterocycles. The summed E-state index contributed by atoms with van der Waals surface area (Å²) in [5.41, 5.74) is 0.639. The number of aryl methyl sites for hydroxylation is 1. The summed E-state index contributed by atoms with van der Waals surface area (Å²) >= 11 is 3.03. The van der Waals surface area contributed by atoms with Crippen LogP contribution in [0, 0.1) is 22.9 Å². The zero-order chi connectivity index (χ0) is 14.0. The summed E-state index contributed by atoms with van der Waals surface area (Å²) in [5, 5.41) is 10.9. The van der Waals surface area contributed by atoms with Crippen molar-refractivity contribution in [1.29, 1.82) is 0 Å². The van der Waals surface area contributed by atoms with Gasteiger partial charge in [-0.3, -0.25) is 10.1 Å². The van der Waals surface area contributed by atoms with E-state index in [1.807, 2.05) is 0 Å². The van der Waals surface area contributed by atoms with E-state index in [4.69, 9.17) is 4.74 Å². The van der Waals surface area contributed by atoms with Crippen LogP contribution < -0.4 is 4.74 Å². The summed E-state index contributed by atoms with van der Waals surface area (Å²) in [5.74, 6) is 0.0140. The van der Waals surface area contributed by atoms with Crippen molar-refractivity contribution in [3.63, 3.8) is 0 Å². The SMILES string of the molecule is Cc1ccc(Oc2ccc(F)c(Br)c2)c([N+](=O)[O-])c1. The van der Waals surface area contributed by atoms with Crippen LogP contribution in [0.4, 0.5) is 10.1 Å². The summed E-state index contributed by atoms with van der Waals surface area (Å²) in [7, 11) is 0. The second-order valence-corrected chi connectivity index (χ2v) is 4.76. The average Bonchev–Trinajstić information content (AvgIpc) is 2.36. The Kier molecular flexibility index (Phi) is 3.80. The molecule has 0 aliphatic heterocycles. The minimum atomic E-state index is -0.513. The van der Waals surface area contributed by atoms with Gasteiger partial charge in [-0.1, -0.05) is 6.07 Å². The lowest BCUT2D eigenvalue weighted by molar-refractivity contribution is -0.385. The molecule has 0 spiro atoms. The van der Waals surface area contributed by atoms with Crippen LogP contribution in [0.1, 0.15) is 5.56 Å². The number of nitro groups is 1. The summed E-state index contributed by atoms with van der Waals surface area (Å²) in [6.07, 6.45) is 0. The number of hydrogen-bond acceptors (Lipinski definition) is 3. The largest absolute Gasteiger partial charge is 0.450 e. The minimum Gasteiger partial charge on any atom is -0.450 e. The standard InChI is InChI=1S/C13H9BrFNO3/c1-8-2-5-13(12(6-8)16(17)18)19-9-3-4-11(15)10(14)7-9/h2-7H,1H3. The molecule has 0 N–H and O–H groups in total. The van der Waals surface area contributed by atoms with Crippen LogP contribution in [0.5, 0.6) is 11.5 Å². The van der Waals surface area contributed by atoms with Crippen molar-refractivity contribution in [3.05, 3.63) is 62.4 Å². The molecule has 19 heavy (non-hydrogen) atoms. The third-order valence-corrected chi connectivity index (χ3v) is 3.04. The van der Waals surface area contributed by atoms with Crippen molar-refractivity contribution < 1.29 is 14.1 Å². The maximum atomic E-state index is 13.1. The Bertz CT molecular complexity index is 646. The maximum absolute atomic E-state index is 13.1. The van der Waals surface area contributed by atoms with Gasteiger partial charge in [-0.05, 0) is 52.7 Å². The van der Waals surface area contributed by atoms with Crippen molar-refractivity contribution in [2.75, 3.05) is 0 Å². The molecule has 0 bridgehead atoms. The third-order valence-electron chi connectivity index (χ3n) is 2.43. The van der Waals surface area contributed by atoms with Crippen LogP contribution in [0.25, 0.3) is 0 Å². The Labute approximate surface area is 117 Å². The quantitative estimate of drug-likeness (QED) is 0.612.